The maximum atomic E-state index is 13.0. The number of aryl methyl sites for hydroxylation is 3. The molecule has 1 fully saturated rings. The molecule has 0 bridgehead atoms. The van der Waals surface area contributed by atoms with E-state index < -0.39 is 0 Å². The summed E-state index contributed by atoms with van der Waals surface area (Å²) in [5.41, 5.74) is 7.29. The number of thiocarbonyl (C=S) groups is 1. The van der Waals surface area contributed by atoms with Gasteiger partial charge in [-0.25, -0.2) is 0 Å². The summed E-state index contributed by atoms with van der Waals surface area (Å²) in [6.45, 7) is 6.59. The summed E-state index contributed by atoms with van der Waals surface area (Å²) in [7, 11) is 0. The van der Waals surface area contributed by atoms with E-state index in [9.17, 15) is 4.79 Å². The van der Waals surface area contributed by atoms with Gasteiger partial charge in [0, 0.05) is 42.4 Å². The minimum Gasteiger partial charge on any atom is -0.352 e. The molecule has 4 aromatic rings. The molecule has 5 rings (SSSR count). The van der Waals surface area contributed by atoms with E-state index in [4.69, 9.17) is 12.2 Å². The molecule has 37 heavy (non-hydrogen) atoms. The predicted octanol–water partition coefficient (Wildman–Crippen LogP) is 5.80. The zero-order valence-electron chi connectivity index (χ0n) is 21.3. The van der Waals surface area contributed by atoms with Crippen LogP contribution < -0.4 is 10.6 Å². The molecule has 0 spiro atoms. The number of benzene rings is 2. The highest BCUT2D eigenvalue weighted by molar-refractivity contribution is 7.80. The molecule has 3 heterocycles. The van der Waals surface area contributed by atoms with Crippen molar-refractivity contribution in [2.45, 2.75) is 39.3 Å². The Labute approximate surface area is 223 Å². The van der Waals surface area contributed by atoms with E-state index in [1.165, 1.54) is 5.56 Å². The second kappa shape index (κ2) is 10.6. The van der Waals surface area contributed by atoms with Crippen LogP contribution in [0.2, 0.25) is 0 Å². The molecule has 6 nitrogen and oxygen atoms in total. The van der Waals surface area contributed by atoms with Crippen molar-refractivity contribution in [3.05, 3.63) is 113 Å². The minimum absolute atomic E-state index is 0.0366. The molecule has 1 saturated heterocycles. The van der Waals surface area contributed by atoms with E-state index in [2.05, 4.69) is 74.6 Å². The minimum atomic E-state index is -0.144. The summed E-state index contributed by atoms with van der Waals surface area (Å²) in [6.07, 6.45) is 4.19. The number of pyridine rings is 1. The summed E-state index contributed by atoms with van der Waals surface area (Å²) in [5.74, 6) is -0.0366. The van der Waals surface area contributed by atoms with Gasteiger partial charge >= 0.3 is 0 Å². The molecule has 1 amide bonds. The summed E-state index contributed by atoms with van der Waals surface area (Å²) in [6, 6.07) is 24.4. The Bertz CT molecular complexity index is 1410. The normalized spacial score (nSPS) is 17.1. The van der Waals surface area contributed by atoms with Crippen molar-refractivity contribution in [2.24, 2.45) is 0 Å². The first-order valence-corrected chi connectivity index (χ1v) is 12.9. The van der Waals surface area contributed by atoms with Gasteiger partial charge in [-0.15, -0.1) is 0 Å². The molecule has 1 aliphatic rings. The maximum absolute atomic E-state index is 13.0. The number of carbonyl (C=O) groups is 1. The smallest absolute Gasteiger partial charge is 0.226 e. The number of aromatic nitrogens is 2. The fraction of sp³-hybridized carbons (Fsp3) is 0.233. The van der Waals surface area contributed by atoms with Gasteiger partial charge in [-0.1, -0.05) is 35.9 Å². The second-order valence-corrected chi connectivity index (χ2v) is 9.96. The van der Waals surface area contributed by atoms with Crippen LogP contribution in [0.15, 0.2) is 85.2 Å². The Morgan fingerprint density at radius 3 is 2.54 bits per heavy atom. The first-order chi connectivity index (χ1) is 17.9. The largest absolute Gasteiger partial charge is 0.352 e. The van der Waals surface area contributed by atoms with Crippen molar-refractivity contribution in [1.82, 2.24) is 19.8 Å². The van der Waals surface area contributed by atoms with Crippen LogP contribution in [-0.2, 0) is 4.79 Å². The second-order valence-electron chi connectivity index (χ2n) is 9.58. The number of anilines is 1. The molecular weight excluding hydrogens is 478 g/mol. The average molecular weight is 510 g/mol. The highest BCUT2D eigenvalue weighted by Gasteiger charge is 2.41. The SMILES string of the molecule is Cc1ccc(-n2cccc2[C@H]2[C@@H](c3ccccn3)NC(=S)N2CCC(=O)Nc2cc(C)ccc2C)cc1. The molecule has 0 radical (unpaired) electrons. The summed E-state index contributed by atoms with van der Waals surface area (Å²) < 4.78 is 2.19. The summed E-state index contributed by atoms with van der Waals surface area (Å²) >= 11 is 5.81. The van der Waals surface area contributed by atoms with Crippen LogP contribution in [0.5, 0.6) is 0 Å². The highest BCUT2D eigenvalue weighted by Crippen LogP contribution is 2.39. The number of hydrogen-bond acceptors (Lipinski definition) is 3. The van der Waals surface area contributed by atoms with E-state index >= 15 is 0 Å². The average Bonchev–Trinajstić information content (AvgIpc) is 3.50. The van der Waals surface area contributed by atoms with Crippen molar-refractivity contribution in [1.29, 1.82) is 0 Å². The Balaban J connectivity index is 1.44. The van der Waals surface area contributed by atoms with E-state index in [0.29, 0.717) is 18.1 Å². The van der Waals surface area contributed by atoms with Crippen molar-refractivity contribution < 1.29 is 4.79 Å². The Morgan fingerprint density at radius 2 is 1.78 bits per heavy atom. The lowest BCUT2D eigenvalue weighted by Crippen LogP contribution is -2.33. The lowest BCUT2D eigenvalue weighted by atomic mass is 10.0. The third-order valence-electron chi connectivity index (χ3n) is 6.84. The first-order valence-electron chi connectivity index (χ1n) is 12.5. The van der Waals surface area contributed by atoms with Crippen molar-refractivity contribution in [3.63, 3.8) is 0 Å². The quantitative estimate of drug-likeness (QED) is 0.309. The molecule has 2 N–H and O–H groups in total. The van der Waals surface area contributed by atoms with E-state index in [0.717, 1.165) is 33.9 Å². The van der Waals surface area contributed by atoms with Crippen molar-refractivity contribution in [3.8, 4) is 5.69 Å². The van der Waals surface area contributed by atoms with Gasteiger partial charge < -0.3 is 20.1 Å². The lowest BCUT2D eigenvalue weighted by Gasteiger charge is -2.29. The van der Waals surface area contributed by atoms with E-state index in [-0.39, 0.29) is 18.0 Å². The van der Waals surface area contributed by atoms with Gasteiger partial charge in [0.15, 0.2) is 5.11 Å². The Kier molecular flexibility index (Phi) is 7.06. The van der Waals surface area contributed by atoms with Gasteiger partial charge in [0.2, 0.25) is 5.91 Å². The Hall–Kier alpha value is -3.97. The maximum Gasteiger partial charge on any atom is 0.226 e. The monoisotopic (exact) mass is 509 g/mol. The van der Waals surface area contributed by atoms with Crippen molar-refractivity contribution in [2.75, 3.05) is 11.9 Å². The number of hydrogen-bond donors (Lipinski definition) is 2. The van der Waals surface area contributed by atoms with Crippen molar-refractivity contribution >= 4 is 28.9 Å². The van der Waals surface area contributed by atoms with Crippen LogP contribution >= 0.6 is 12.2 Å². The van der Waals surface area contributed by atoms with Gasteiger partial charge in [-0.2, -0.15) is 0 Å². The van der Waals surface area contributed by atoms with Crippen LogP contribution in [0.1, 0.15) is 46.6 Å². The Morgan fingerprint density at radius 1 is 1.00 bits per heavy atom. The third-order valence-corrected chi connectivity index (χ3v) is 7.19. The zero-order valence-corrected chi connectivity index (χ0v) is 22.1. The molecule has 7 heteroatoms. The summed E-state index contributed by atoms with van der Waals surface area (Å²) in [5, 5.41) is 7.19. The molecule has 0 unspecified atom stereocenters. The lowest BCUT2D eigenvalue weighted by molar-refractivity contribution is -0.116. The molecule has 0 aliphatic carbocycles. The molecule has 2 aromatic heterocycles. The predicted molar refractivity (Wildman–Crippen MR) is 152 cm³/mol. The van der Waals surface area contributed by atoms with Crippen LogP contribution in [0.25, 0.3) is 5.69 Å². The molecule has 0 saturated carbocycles. The van der Waals surface area contributed by atoms with Gasteiger partial charge in [0.1, 0.15) is 0 Å². The first kappa shape index (κ1) is 24.7. The fourth-order valence-electron chi connectivity index (χ4n) is 4.85. The van der Waals surface area contributed by atoms with Gasteiger partial charge in [0.05, 0.1) is 17.8 Å². The van der Waals surface area contributed by atoms with Crippen LogP contribution in [0.4, 0.5) is 5.69 Å². The van der Waals surface area contributed by atoms with E-state index in [1.54, 1.807) is 6.20 Å². The highest BCUT2D eigenvalue weighted by atomic mass is 32.1. The van der Waals surface area contributed by atoms with E-state index in [1.807, 2.05) is 50.2 Å². The summed E-state index contributed by atoms with van der Waals surface area (Å²) in [4.78, 5) is 19.7. The third kappa shape index (κ3) is 5.27. The molecular formula is C30H31N5OS. The van der Waals surface area contributed by atoms with Crippen LogP contribution in [-0.4, -0.2) is 32.0 Å². The van der Waals surface area contributed by atoms with Crippen LogP contribution in [0, 0.1) is 20.8 Å². The number of nitrogens with zero attached hydrogens (tertiary/aromatic N) is 3. The standard InChI is InChI=1S/C30H31N5OS/c1-20-10-13-23(14-11-20)34-17-6-8-26(34)29-28(24-7-4-5-16-31-24)33-30(37)35(29)18-15-27(36)32-25-19-21(2)9-12-22(25)3/h4-14,16-17,19,28-29H,15,18H2,1-3H3,(H,32,36)(H,33,37)/t28-,29+/m1/s1. The number of carbonyl (C=O) groups excluding carboxylic acids is 1. The van der Waals surface area contributed by atoms with Crippen LogP contribution in [0.3, 0.4) is 0 Å². The van der Waals surface area contributed by atoms with Gasteiger partial charge in [-0.05, 0) is 86.6 Å². The van der Waals surface area contributed by atoms with Gasteiger partial charge in [0.25, 0.3) is 0 Å². The fourth-order valence-corrected chi connectivity index (χ4v) is 5.18. The molecule has 2 aromatic carbocycles. The molecule has 2 atom stereocenters. The van der Waals surface area contributed by atoms with Gasteiger partial charge in [-0.3, -0.25) is 9.78 Å². The number of nitrogens with one attached hydrogen (secondary N) is 2. The number of amides is 1. The number of rotatable bonds is 7. The topological polar surface area (TPSA) is 62.2 Å². The zero-order chi connectivity index (χ0) is 25.9. The molecule has 1 aliphatic heterocycles. The molecule has 188 valence electrons.